The predicted molar refractivity (Wildman–Crippen MR) is 118 cm³/mol. The molecule has 0 aliphatic rings. The van der Waals surface area contributed by atoms with Crippen molar-refractivity contribution in [3.8, 4) is 5.75 Å². The van der Waals surface area contributed by atoms with Gasteiger partial charge in [0.1, 0.15) is 5.75 Å². The van der Waals surface area contributed by atoms with Gasteiger partial charge in [0, 0.05) is 23.2 Å². The van der Waals surface area contributed by atoms with E-state index in [0.29, 0.717) is 29.0 Å². The number of nitrogens with one attached hydrogen (secondary N) is 4. The Bertz CT molecular complexity index is 912. The Morgan fingerprint density at radius 1 is 0.900 bits per heavy atom. The number of anilines is 1. The molecule has 2 rings (SSSR count). The Morgan fingerprint density at radius 2 is 1.47 bits per heavy atom. The molecule has 0 spiro atoms. The molecule has 0 saturated heterocycles. The largest absolute Gasteiger partial charge is 0.497 e. The lowest BCUT2D eigenvalue weighted by Gasteiger charge is -2.11. The maximum absolute atomic E-state index is 12.2. The second kappa shape index (κ2) is 10.9. The lowest BCUT2D eigenvalue weighted by Crippen LogP contribution is -2.48. The Morgan fingerprint density at radius 3 is 2.03 bits per heavy atom. The topological polar surface area (TPSA) is 109 Å². The molecule has 0 heterocycles. The van der Waals surface area contributed by atoms with Crippen LogP contribution in [-0.4, -0.2) is 29.9 Å². The maximum Gasteiger partial charge on any atom is 0.269 e. The minimum Gasteiger partial charge on any atom is -0.497 e. The van der Waals surface area contributed by atoms with E-state index in [1.807, 2.05) is 13.8 Å². The zero-order valence-corrected chi connectivity index (χ0v) is 17.8. The van der Waals surface area contributed by atoms with E-state index >= 15 is 0 Å². The SMILES string of the molecule is COc1ccc(C(=O)NC(=S)NNC(=O)c2ccc(NC(=O)CC(C)C)cc2)cc1. The lowest BCUT2D eigenvalue weighted by molar-refractivity contribution is -0.116. The first-order chi connectivity index (χ1) is 14.3. The van der Waals surface area contributed by atoms with Crippen molar-refractivity contribution in [3.05, 3.63) is 59.7 Å². The van der Waals surface area contributed by atoms with Crippen LogP contribution >= 0.6 is 12.2 Å². The first-order valence-electron chi connectivity index (χ1n) is 9.24. The minimum absolute atomic E-state index is 0.0539. The van der Waals surface area contributed by atoms with Gasteiger partial charge >= 0.3 is 0 Å². The molecule has 0 aromatic heterocycles. The summed E-state index contributed by atoms with van der Waals surface area (Å²) in [7, 11) is 1.53. The molecule has 4 N–H and O–H groups in total. The van der Waals surface area contributed by atoms with Crippen LogP contribution in [0, 0.1) is 5.92 Å². The molecule has 3 amide bonds. The van der Waals surface area contributed by atoms with Crippen LogP contribution in [0.15, 0.2) is 48.5 Å². The molecule has 0 aliphatic carbocycles. The quantitative estimate of drug-likeness (QED) is 0.416. The van der Waals surface area contributed by atoms with E-state index < -0.39 is 11.8 Å². The summed E-state index contributed by atoms with van der Waals surface area (Å²) in [6.45, 7) is 3.92. The van der Waals surface area contributed by atoms with Gasteiger partial charge in [0.15, 0.2) is 5.11 Å². The van der Waals surface area contributed by atoms with Gasteiger partial charge in [-0.25, -0.2) is 0 Å². The number of benzene rings is 2. The van der Waals surface area contributed by atoms with E-state index in [1.54, 1.807) is 48.5 Å². The second-order valence-corrected chi connectivity index (χ2v) is 7.22. The summed E-state index contributed by atoms with van der Waals surface area (Å²) in [6, 6.07) is 12.9. The van der Waals surface area contributed by atoms with E-state index in [0.717, 1.165) is 0 Å². The molecule has 158 valence electrons. The van der Waals surface area contributed by atoms with Crippen molar-refractivity contribution in [2.45, 2.75) is 20.3 Å². The fraction of sp³-hybridized carbons (Fsp3) is 0.238. The first-order valence-corrected chi connectivity index (χ1v) is 9.65. The number of hydrogen-bond donors (Lipinski definition) is 4. The average Bonchev–Trinajstić information content (AvgIpc) is 2.72. The smallest absolute Gasteiger partial charge is 0.269 e. The normalized spacial score (nSPS) is 10.1. The third-order valence-corrected chi connectivity index (χ3v) is 4.10. The van der Waals surface area contributed by atoms with E-state index in [1.165, 1.54) is 7.11 Å². The number of ether oxygens (including phenoxy) is 1. The molecular weight excluding hydrogens is 404 g/mol. The molecule has 2 aromatic rings. The second-order valence-electron chi connectivity index (χ2n) is 6.81. The molecule has 0 unspecified atom stereocenters. The molecule has 0 radical (unpaired) electrons. The number of methoxy groups -OCH3 is 1. The minimum atomic E-state index is -0.448. The van der Waals surface area contributed by atoms with Gasteiger partial charge < -0.3 is 10.1 Å². The highest BCUT2D eigenvalue weighted by atomic mass is 32.1. The van der Waals surface area contributed by atoms with Crippen molar-refractivity contribution in [2.24, 2.45) is 5.92 Å². The molecule has 0 saturated carbocycles. The Hall–Kier alpha value is -3.46. The van der Waals surface area contributed by atoms with Crippen LogP contribution in [0.25, 0.3) is 0 Å². The van der Waals surface area contributed by atoms with E-state index in [9.17, 15) is 14.4 Å². The van der Waals surface area contributed by atoms with Crippen LogP contribution < -0.4 is 26.2 Å². The Kier molecular flexibility index (Phi) is 8.30. The first kappa shape index (κ1) is 22.8. The molecular formula is C21H24N4O4S. The number of amides is 3. The van der Waals surface area contributed by atoms with Gasteiger partial charge in [-0.1, -0.05) is 13.8 Å². The molecule has 9 heteroatoms. The third-order valence-electron chi connectivity index (χ3n) is 3.89. The number of carbonyl (C=O) groups excluding carboxylic acids is 3. The van der Waals surface area contributed by atoms with Gasteiger partial charge in [-0.2, -0.15) is 0 Å². The fourth-order valence-corrected chi connectivity index (χ4v) is 2.57. The highest BCUT2D eigenvalue weighted by molar-refractivity contribution is 7.80. The predicted octanol–water partition coefficient (Wildman–Crippen LogP) is 2.63. The molecule has 8 nitrogen and oxygen atoms in total. The van der Waals surface area contributed by atoms with Crippen LogP contribution in [0.2, 0.25) is 0 Å². The molecule has 0 atom stereocenters. The standard InChI is InChI=1S/C21H24N4O4S/c1-13(2)12-18(26)22-16-8-4-15(5-9-16)20(28)24-25-21(30)23-19(27)14-6-10-17(29-3)11-7-14/h4-11,13H,12H2,1-3H3,(H,22,26)(H,24,28)(H2,23,25,27,30). The van der Waals surface area contributed by atoms with Gasteiger partial charge in [0.2, 0.25) is 5.91 Å². The van der Waals surface area contributed by atoms with Gasteiger partial charge in [0.25, 0.3) is 11.8 Å². The zero-order chi connectivity index (χ0) is 22.1. The summed E-state index contributed by atoms with van der Waals surface area (Å²) in [6.07, 6.45) is 0.422. The van der Waals surface area contributed by atoms with Crippen LogP contribution in [0.5, 0.6) is 5.75 Å². The van der Waals surface area contributed by atoms with Crippen molar-refractivity contribution in [3.63, 3.8) is 0 Å². The third kappa shape index (κ3) is 7.17. The number of hydrogen-bond acceptors (Lipinski definition) is 5. The van der Waals surface area contributed by atoms with Gasteiger partial charge in [-0.15, -0.1) is 0 Å². The van der Waals surface area contributed by atoms with Crippen molar-refractivity contribution in [1.29, 1.82) is 0 Å². The highest BCUT2D eigenvalue weighted by Gasteiger charge is 2.11. The van der Waals surface area contributed by atoms with Gasteiger partial charge in [0.05, 0.1) is 7.11 Å². The highest BCUT2D eigenvalue weighted by Crippen LogP contribution is 2.12. The van der Waals surface area contributed by atoms with Gasteiger partial charge in [-0.3, -0.25) is 30.6 Å². The number of thiocarbonyl (C=S) groups is 1. The van der Waals surface area contributed by atoms with Gasteiger partial charge in [-0.05, 0) is 66.7 Å². The van der Waals surface area contributed by atoms with Crippen molar-refractivity contribution < 1.29 is 19.1 Å². The molecule has 0 fully saturated rings. The summed E-state index contributed by atoms with van der Waals surface area (Å²) < 4.78 is 5.04. The number of rotatable bonds is 6. The fourth-order valence-electron chi connectivity index (χ4n) is 2.42. The monoisotopic (exact) mass is 428 g/mol. The van der Waals surface area contributed by atoms with Crippen LogP contribution in [0.3, 0.4) is 0 Å². The molecule has 0 bridgehead atoms. The van der Waals surface area contributed by atoms with Crippen LogP contribution in [0.1, 0.15) is 41.0 Å². The molecule has 2 aromatic carbocycles. The summed E-state index contributed by atoms with van der Waals surface area (Å²) in [4.78, 5) is 36.1. The summed E-state index contributed by atoms with van der Waals surface area (Å²) in [5.41, 5.74) is 6.24. The van der Waals surface area contributed by atoms with Crippen LogP contribution in [0.4, 0.5) is 5.69 Å². The Labute approximate surface area is 180 Å². The average molecular weight is 429 g/mol. The van der Waals surface area contributed by atoms with Crippen molar-refractivity contribution >= 4 is 40.7 Å². The van der Waals surface area contributed by atoms with Crippen LogP contribution in [-0.2, 0) is 4.79 Å². The Balaban J connectivity index is 1.82. The summed E-state index contributed by atoms with van der Waals surface area (Å²) in [5, 5.41) is 5.18. The summed E-state index contributed by atoms with van der Waals surface area (Å²) in [5.74, 6) is -0.0657. The number of carbonyl (C=O) groups is 3. The zero-order valence-electron chi connectivity index (χ0n) is 16.9. The molecule has 30 heavy (non-hydrogen) atoms. The summed E-state index contributed by atoms with van der Waals surface area (Å²) >= 11 is 5.02. The van der Waals surface area contributed by atoms with E-state index in [4.69, 9.17) is 17.0 Å². The van der Waals surface area contributed by atoms with E-state index in [-0.39, 0.29) is 16.9 Å². The lowest BCUT2D eigenvalue weighted by atomic mass is 10.1. The maximum atomic E-state index is 12.2. The van der Waals surface area contributed by atoms with Crippen molar-refractivity contribution in [1.82, 2.24) is 16.2 Å². The van der Waals surface area contributed by atoms with Crippen molar-refractivity contribution in [2.75, 3.05) is 12.4 Å². The number of hydrazine groups is 1. The molecule has 0 aliphatic heterocycles. The van der Waals surface area contributed by atoms with E-state index in [2.05, 4.69) is 21.5 Å².